The molecule has 98 valence electrons. The van der Waals surface area contributed by atoms with Crippen LogP contribution in [-0.2, 0) is 0 Å². The molecule has 0 aliphatic carbocycles. The summed E-state index contributed by atoms with van der Waals surface area (Å²) in [5, 5.41) is 12.8. The Bertz CT molecular complexity index is 619. The molecular formula is C15H16N2O2. The predicted octanol–water partition coefficient (Wildman–Crippen LogP) is 3.74. The average molecular weight is 256 g/mol. The van der Waals surface area contributed by atoms with E-state index in [1.54, 1.807) is 6.07 Å². The maximum absolute atomic E-state index is 11.1. The second-order valence-corrected chi connectivity index (χ2v) is 4.95. The lowest BCUT2D eigenvalue weighted by Crippen LogP contribution is -2.29. The molecule has 2 aromatic carbocycles. The number of piperidine rings is 1. The fraction of sp³-hybridized carbons (Fsp3) is 0.333. The maximum atomic E-state index is 11.1. The summed E-state index contributed by atoms with van der Waals surface area (Å²) >= 11 is 0. The van der Waals surface area contributed by atoms with Gasteiger partial charge in [-0.15, -0.1) is 0 Å². The lowest BCUT2D eigenvalue weighted by Gasteiger charge is -2.29. The minimum atomic E-state index is -0.303. The van der Waals surface area contributed by atoms with Crippen LogP contribution < -0.4 is 4.90 Å². The van der Waals surface area contributed by atoms with Gasteiger partial charge < -0.3 is 4.90 Å². The first-order valence-corrected chi connectivity index (χ1v) is 6.68. The molecule has 1 aliphatic heterocycles. The fourth-order valence-corrected chi connectivity index (χ4v) is 2.84. The third-order valence-electron chi connectivity index (χ3n) is 3.77. The number of hydrogen-bond acceptors (Lipinski definition) is 3. The van der Waals surface area contributed by atoms with Gasteiger partial charge in [0.05, 0.1) is 10.3 Å². The Labute approximate surface area is 111 Å². The van der Waals surface area contributed by atoms with E-state index in [4.69, 9.17) is 0 Å². The highest BCUT2D eigenvalue weighted by molar-refractivity contribution is 6.00. The SMILES string of the molecule is O=[N+]([O-])c1ccc(N2CCCCC2)c2ccccc12. The van der Waals surface area contributed by atoms with Gasteiger partial charge in [0.25, 0.3) is 5.69 Å². The van der Waals surface area contributed by atoms with E-state index < -0.39 is 0 Å². The standard InChI is InChI=1S/C15H16N2O2/c18-17(19)15-9-8-14(16-10-4-1-5-11-16)12-6-2-3-7-13(12)15/h2-3,6-9H,1,4-5,10-11H2. The van der Waals surface area contributed by atoms with Crippen molar-refractivity contribution in [3.63, 3.8) is 0 Å². The number of non-ortho nitro benzene ring substituents is 1. The van der Waals surface area contributed by atoms with Crippen LogP contribution in [0.15, 0.2) is 36.4 Å². The molecule has 0 unspecified atom stereocenters. The van der Waals surface area contributed by atoms with Crippen molar-refractivity contribution in [3.8, 4) is 0 Å². The Balaban J connectivity index is 2.15. The molecule has 0 N–H and O–H groups in total. The van der Waals surface area contributed by atoms with Crippen LogP contribution >= 0.6 is 0 Å². The number of rotatable bonds is 2. The molecule has 0 atom stereocenters. The van der Waals surface area contributed by atoms with E-state index in [9.17, 15) is 10.1 Å². The molecule has 0 aromatic heterocycles. The van der Waals surface area contributed by atoms with Crippen LogP contribution in [0.1, 0.15) is 19.3 Å². The third-order valence-corrected chi connectivity index (χ3v) is 3.77. The average Bonchev–Trinajstić information content (AvgIpc) is 2.47. The predicted molar refractivity (Wildman–Crippen MR) is 76.7 cm³/mol. The van der Waals surface area contributed by atoms with Gasteiger partial charge in [-0.1, -0.05) is 18.2 Å². The van der Waals surface area contributed by atoms with Crippen molar-refractivity contribution in [1.82, 2.24) is 0 Å². The summed E-state index contributed by atoms with van der Waals surface area (Å²) < 4.78 is 0. The molecule has 1 heterocycles. The van der Waals surface area contributed by atoms with Gasteiger partial charge in [-0.3, -0.25) is 10.1 Å². The first-order chi connectivity index (χ1) is 9.27. The number of nitro benzene ring substituents is 1. The summed E-state index contributed by atoms with van der Waals surface area (Å²) in [6, 6.07) is 11.1. The smallest absolute Gasteiger partial charge is 0.277 e. The van der Waals surface area contributed by atoms with Gasteiger partial charge in [0.1, 0.15) is 0 Å². The number of fused-ring (bicyclic) bond motifs is 1. The minimum Gasteiger partial charge on any atom is -0.371 e. The van der Waals surface area contributed by atoms with Crippen molar-refractivity contribution in [2.45, 2.75) is 19.3 Å². The Morgan fingerprint density at radius 1 is 0.947 bits per heavy atom. The molecular weight excluding hydrogens is 240 g/mol. The lowest BCUT2D eigenvalue weighted by molar-refractivity contribution is -0.383. The molecule has 1 fully saturated rings. The number of anilines is 1. The largest absolute Gasteiger partial charge is 0.371 e. The van der Waals surface area contributed by atoms with Gasteiger partial charge in [-0.2, -0.15) is 0 Å². The molecule has 19 heavy (non-hydrogen) atoms. The van der Waals surface area contributed by atoms with E-state index in [0.717, 1.165) is 29.5 Å². The molecule has 3 rings (SSSR count). The van der Waals surface area contributed by atoms with Crippen molar-refractivity contribution in [2.75, 3.05) is 18.0 Å². The van der Waals surface area contributed by atoms with E-state index in [1.165, 1.54) is 19.3 Å². The van der Waals surface area contributed by atoms with Crippen molar-refractivity contribution in [3.05, 3.63) is 46.5 Å². The molecule has 4 nitrogen and oxygen atoms in total. The Hall–Kier alpha value is -2.10. The molecule has 0 spiro atoms. The molecule has 0 saturated carbocycles. The Kier molecular flexibility index (Phi) is 3.07. The Morgan fingerprint density at radius 3 is 2.32 bits per heavy atom. The van der Waals surface area contributed by atoms with Crippen molar-refractivity contribution in [2.24, 2.45) is 0 Å². The first kappa shape index (κ1) is 12.0. The molecule has 0 amide bonds. The van der Waals surface area contributed by atoms with Crippen molar-refractivity contribution in [1.29, 1.82) is 0 Å². The summed E-state index contributed by atoms with van der Waals surface area (Å²) in [5.41, 5.74) is 1.32. The van der Waals surface area contributed by atoms with E-state index >= 15 is 0 Å². The Morgan fingerprint density at radius 2 is 1.63 bits per heavy atom. The quantitative estimate of drug-likeness (QED) is 0.607. The molecule has 2 aromatic rings. The summed E-state index contributed by atoms with van der Waals surface area (Å²) in [4.78, 5) is 13.1. The van der Waals surface area contributed by atoms with Gasteiger partial charge in [-0.05, 0) is 31.4 Å². The zero-order valence-corrected chi connectivity index (χ0v) is 10.7. The lowest BCUT2D eigenvalue weighted by atomic mass is 10.0. The van der Waals surface area contributed by atoms with Crippen LogP contribution in [-0.4, -0.2) is 18.0 Å². The van der Waals surface area contributed by atoms with Crippen LogP contribution in [0.3, 0.4) is 0 Å². The maximum Gasteiger partial charge on any atom is 0.277 e. The van der Waals surface area contributed by atoms with Crippen LogP contribution in [0, 0.1) is 10.1 Å². The molecule has 0 bridgehead atoms. The van der Waals surface area contributed by atoms with E-state index in [0.29, 0.717) is 0 Å². The van der Waals surface area contributed by atoms with Gasteiger partial charge >= 0.3 is 0 Å². The molecule has 4 heteroatoms. The van der Waals surface area contributed by atoms with Gasteiger partial charge in [0, 0.05) is 30.2 Å². The monoisotopic (exact) mass is 256 g/mol. The van der Waals surface area contributed by atoms with Crippen molar-refractivity contribution < 1.29 is 4.92 Å². The van der Waals surface area contributed by atoms with E-state index in [-0.39, 0.29) is 10.6 Å². The van der Waals surface area contributed by atoms with E-state index in [1.807, 2.05) is 30.3 Å². The summed E-state index contributed by atoms with van der Waals surface area (Å²) in [6.07, 6.45) is 3.68. The highest BCUT2D eigenvalue weighted by atomic mass is 16.6. The van der Waals surface area contributed by atoms with Crippen LogP contribution in [0.4, 0.5) is 11.4 Å². The third kappa shape index (κ3) is 2.14. The molecule has 1 aliphatic rings. The number of benzene rings is 2. The number of nitrogens with zero attached hydrogens (tertiary/aromatic N) is 2. The topological polar surface area (TPSA) is 46.4 Å². The van der Waals surface area contributed by atoms with Crippen LogP contribution in [0.5, 0.6) is 0 Å². The molecule has 1 saturated heterocycles. The van der Waals surface area contributed by atoms with Gasteiger partial charge in [0.15, 0.2) is 0 Å². The van der Waals surface area contributed by atoms with Gasteiger partial charge in [0.2, 0.25) is 0 Å². The van der Waals surface area contributed by atoms with Gasteiger partial charge in [-0.25, -0.2) is 0 Å². The highest BCUT2D eigenvalue weighted by Gasteiger charge is 2.18. The fourth-order valence-electron chi connectivity index (χ4n) is 2.84. The zero-order chi connectivity index (χ0) is 13.2. The molecule has 0 radical (unpaired) electrons. The van der Waals surface area contributed by atoms with E-state index in [2.05, 4.69) is 4.90 Å². The first-order valence-electron chi connectivity index (χ1n) is 6.68. The zero-order valence-electron chi connectivity index (χ0n) is 10.7. The van der Waals surface area contributed by atoms with Crippen molar-refractivity contribution >= 4 is 22.1 Å². The highest BCUT2D eigenvalue weighted by Crippen LogP contribution is 2.34. The van der Waals surface area contributed by atoms with Crippen LogP contribution in [0.25, 0.3) is 10.8 Å². The summed E-state index contributed by atoms with van der Waals surface area (Å²) in [5.74, 6) is 0. The normalized spacial score (nSPS) is 15.7. The second-order valence-electron chi connectivity index (χ2n) is 4.95. The summed E-state index contributed by atoms with van der Waals surface area (Å²) in [6.45, 7) is 2.09. The summed E-state index contributed by atoms with van der Waals surface area (Å²) in [7, 11) is 0. The van der Waals surface area contributed by atoms with Crippen LogP contribution in [0.2, 0.25) is 0 Å². The minimum absolute atomic E-state index is 0.191. The number of nitro groups is 1. The number of hydrogen-bond donors (Lipinski definition) is 0. The second kappa shape index (κ2) is 4.88.